The largest absolute Gasteiger partial charge is 0.497 e. The van der Waals surface area contributed by atoms with Crippen molar-refractivity contribution in [2.24, 2.45) is 4.99 Å². The number of esters is 1. The predicted molar refractivity (Wildman–Crippen MR) is 133 cm³/mol. The summed E-state index contributed by atoms with van der Waals surface area (Å²) in [4.78, 5) is 42.1. The third-order valence-electron chi connectivity index (χ3n) is 5.65. The van der Waals surface area contributed by atoms with Gasteiger partial charge in [-0.15, -0.1) is 0 Å². The summed E-state index contributed by atoms with van der Waals surface area (Å²) in [5.74, 6) is 0.409. The van der Waals surface area contributed by atoms with E-state index in [4.69, 9.17) is 14.2 Å². The average molecular weight is 510 g/mol. The summed E-state index contributed by atoms with van der Waals surface area (Å²) in [6.45, 7) is 3.56. The van der Waals surface area contributed by atoms with Gasteiger partial charge in [0.15, 0.2) is 4.80 Å². The fourth-order valence-corrected chi connectivity index (χ4v) is 5.02. The number of hydrogen-bond acceptors (Lipinski definition) is 9. The van der Waals surface area contributed by atoms with Crippen LogP contribution in [0.2, 0.25) is 0 Å². The van der Waals surface area contributed by atoms with Crippen molar-refractivity contribution in [3.63, 3.8) is 0 Å². The Morgan fingerprint density at radius 3 is 2.53 bits per heavy atom. The first kappa shape index (κ1) is 24.9. The highest BCUT2D eigenvalue weighted by molar-refractivity contribution is 7.07. The maximum atomic E-state index is 13.7. The number of hydrogen-bond donors (Lipinski definition) is 0. The Kier molecular flexibility index (Phi) is 7.02. The highest BCUT2D eigenvalue weighted by atomic mass is 32.1. The molecule has 4 rings (SSSR count). The quantitative estimate of drug-likeness (QED) is 0.273. The van der Waals surface area contributed by atoms with Gasteiger partial charge in [0.2, 0.25) is 0 Å². The molecule has 0 saturated carbocycles. The zero-order chi connectivity index (χ0) is 26.0. The van der Waals surface area contributed by atoms with Crippen LogP contribution in [0.15, 0.2) is 63.5 Å². The second-order valence-corrected chi connectivity index (χ2v) is 8.77. The van der Waals surface area contributed by atoms with Crippen LogP contribution in [-0.4, -0.2) is 36.3 Å². The van der Waals surface area contributed by atoms with Crippen molar-refractivity contribution in [3.05, 3.63) is 94.7 Å². The minimum absolute atomic E-state index is 0.0464. The molecular formula is C25H23N3O7S. The SMILES string of the molecule is CCOC(=O)C1=C(C)N=c2s/c(=C/c3ccc([N+](=O)[O-])cc3)c(=O)n2C1c1ccc(OC)cc1OC. The van der Waals surface area contributed by atoms with Crippen LogP contribution < -0.4 is 24.4 Å². The molecule has 36 heavy (non-hydrogen) atoms. The smallest absolute Gasteiger partial charge is 0.338 e. The number of nitro groups is 1. The summed E-state index contributed by atoms with van der Waals surface area (Å²) in [6, 6.07) is 10.2. The van der Waals surface area contributed by atoms with Crippen molar-refractivity contribution in [2.45, 2.75) is 19.9 Å². The lowest BCUT2D eigenvalue weighted by Gasteiger charge is -2.26. The molecule has 0 spiro atoms. The van der Waals surface area contributed by atoms with Gasteiger partial charge < -0.3 is 14.2 Å². The number of fused-ring (bicyclic) bond motifs is 1. The van der Waals surface area contributed by atoms with E-state index in [-0.39, 0.29) is 23.4 Å². The number of allylic oxidation sites excluding steroid dienone is 1. The van der Waals surface area contributed by atoms with Gasteiger partial charge in [0.25, 0.3) is 11.2 Å². The van der Waals surface area contributed by atoms with Gasteiger partial charge in [-0.1, -0.05) is 11.3 Å². The lowest BCUT2D eigenvalue weighted by molar-refractivity contribution is -0.384. The maximum absolute atomic E-state index is 13.7. The molecule has 2 aromatic carbocycles. The number of carbonyl (C=O) groups excluding carboxylic acids is 1. The number of ether oxygens (including phenoxy) is 3. The van der Waals surface area contributed by atoms with Crippen molar-refractivity contribution in [1.82, 2.24) is 4.57 Å². The topological polar surface area (TPSA) is 122 Å². The minimum Gasteiger partial charge on any atom is -0.497 e. The molecule has 11 heteroatoms. The van der Waals surface area contributed by atoms with E-state index in [1.165, 1.54) is 30.9 Å². The molecule has 0 fully saturated rings. The molecule has 0 bridgehead atoms. The van der Waals surface area contributed by atoms with Crippen LogP contribution in [0.4, 0.5) is 5.69 Å². The molecule has 186 valence electrons. The van der Waals surface area contributed by atoms with E-state index in [0.29, 0.717) is 37.7 Å². The van der Waals surface area contributed by atoms with Crippen molar-refractivity contribution in [2.75, 3.05) is 20.8 Å². The van der Waals surface area contributed by atoms with Crippen molar-refractivity contribution < 1.29 is 23.9 Å². The molecule has 0 amide bonds. The zero-order valence-corrected chi connectivity index (χ0v) is 20.8. The summed E-state index contributed by atoms with van der Waals surface area (Å²) >= 11 is 1.16. The lowest BCUT2D eigenvalue weighted by Crippen LogP contribution is -2.40. The van der Waals surface area contributed by atoms with Crippen LogP contribution in [0.3, 0.4) is 0 Å². The third-order valence-corrected chi connectivity index (χ3v) is 6.64. The Hall–Kier alpha value is -4.25. The molecule has 0 saturated heterocycles. The number of benzene rings is 2. The number of methoxy groups -OCH3 is 2. The summed E-state index contributed by atoms with van der Waals surface area (Å²) in [6.07, 6.45) is 1.64. The van der Waals surface area contributed by atoms with Crippen LogP contribution in [0.25, 0.3) is 6.08 Å². The number of rotatable bonds is 7. The number of thiazole rings is 1. The molecule has 0 radical (unpaired) electrons. The van der Waals surface area contributed by atoms with Gasteiger partial charge in [0, 0.05) is 23.8 Å². The fourth-order valence-electron chi connectivity index (χ4n) is 3.97. The highest BCUT2D eigenvalue weighted by Crippen LogP contribution is 2.37. The number of aromatic nitrogens is 1. The lowest BCUT2D eigenvalue weighted by atomic mass is 9.95. The van der Waals surface area contributed by atoms with Crippen molar-refractivity contribution in [3.8, 4) is 11.5 Å². The first-order valence-corrected chi connectivity index (χ1v) is 11.8. The van der Waals surface area contributed by atoms with Crippen LogP contribution in [0, 0.1) is 10.1 Å². The molecule has 2 heterocycles. The Labute approximate surface area is 209 Å². The van der Waals surface area contributed by atoms with Crippen LogP contribution in [0.1, 0.15) is 31.0 Å². The summed E-state index contributed by atoms with van der Waals surface area (Å²) in [5, 5.41) is 11.0. The van der Waals surface area contributed by atoms with E-state index in [9.17, 15) is 19.7 Å². The number of non-ortho nitro benzene ring substituents is 1. The van der Waals surface area contributed by atoms with Crippen LogP contribution in [-0.2, 0) is 9.53 Å². The summed E-state index contributed by atoms with van der Waals surface area (Å²) in [7, 11) is 3.03. The Bertz CT molecular complexity index is 1550. The zero-order valence-electron chi connectivity index (χ0n) is 20.0. The van der Waals surface area contributed by atoms with Gasteiger partial charge in [0.05, 0.1) is 41.6 Å². The predicted octanol–water partition coefficient (Wildman–Crippen LogP) is 2.72. The van der Waals surface area contributed by atoms with E-state index >= 15 is 0 Å². The molecule has 1 aromatic heterocycles. The van der Waals surface area contributed by atoms with Gasteiger partial charge in [-0.25, -0.2) is 9.79 Å². The number of carbonyl (C=O) groups is 1. The van der Waals surface area contributed by atoms with E-state index < -0.39 is 16.9 Å². The van der Waals surface area contributed by atoms with E-state index in [1.54, 1.807) is 50.3 Å². The Morgan fingerprint density at radius 1 is 1.19 bits per heavy atom. The normalized spacial score (nSPS) is 15.2. The van der Waals surface area contributed by atoms with Crippen molar-refractivity contribution >= 4 is 29.1 Å². The van der Waals surface area contributed by atoms with Gasteiger partial charge in [-0.2, -0.15) is 0 Å². The van der Waals surface area contributed by atoms with E-state index in [1.807, 2.05) is 0 Å². The van der Waals surface area contributed by atoms with Gasteiger partial charge >= 0.3 is 5.97 Å². The Balaban J connectivity index is 1.95. The van der Waals surface area contributed by atoms with Gasteiger partial charge in [0.1, 0.15) is 17.5 Å². The molecule has 3 aromatic rings. The fraction of sp³-hybridized carbons (Fsp3) is 0.240. The molecule has 1 atom stereocenters. The first-order chi connectivity index (χ1) is 17.3. The second kappa shape index (κ2) is 10.2. The standard InChI is InChI=1S/C25H23N3O7S/c1-5-35-24(30)21-14(2)26-25-27(22(21)18-11-10-17(33-3)13-19(18)34-4)23(29)20(36-25)12-15-6-8-16(9-7-15)28(31)32/h6-13,22H,5H2,1-4H3/b20-12+. The average Bonchev–Trinajstić information content (AvgIpc) is 3.17. The first-order valence-electron chi connectivity index (χ1n) is 10.9. The molecule has 10 nitrogen and oxygen atoms in total. The van der Waals surface area contributed by atoms with E-state index in [0.717, 1.165) is 11.3 Å². The third kappa shape index (κ3) is 4.52. The minimum atomic E-state index is -0.847. The van der Waals surface area contributed by atoms with Gasteiger partial charge in [-0.3, -0.25) is 19.5 Å². The molecule has 1 unspecified atom stereocenters. The van der Waals surface area contributed by atoms with Crippen LogP contribution in [0.5, 0.6) is 11.5 Å². The van der Waals surface area contributed by atoms with Crippen LogP contribution >= 0.6 is 11.3 Å². The molecular weight excluding hydrogens is 486 g/mol. The maximum Gasteiger partial charge on any atom is 0.338 e. The Morgan fingerprint density at radius 2 is 1.92 bits per heavy atom. The summed E-state index contributed by atoms with van der Waals surface area (Å²) in [5.41, 5.74) is 1.43. The molecule has 1 aliphatic heterocycles. The molecule has 1 aliphatic rings. The van der Waals surface area contributed by atoms with E-state index in [2.05, 4.69) is 4.99 Å². The van der Waals surface area contributed by atoms with Gasteiger partial charge in [-0.05, 0) is 49.8 Å². The monoisotopic (exact) mass is 509 g/mol. The second-order valence-electron chi connectivity index (χ2n) is 7.76. The van der Waals surface area contributed by atoms with Crippen molar-refractivity contribution in [1.29, 1.82) is 0 Å². The molecule has 0 N–H and O–H groups in total. The highest BCUT2D eigenvalue weighted by Gasteiger charge is 2.35. The number of nitro benzene ring substituents is 1. The summed E-state index contributed by atoms with van der Waals surface area (Å²) < 4.78 is 18.0. The molecule has 0 aliphatic carbocycles. The number of nitrogens with zero attached hydrogens (tertiary/aromatic N) is 3.